The zero-order valence-corrected chi connectivity index (χ0v) is 13.9. The Kier molecular flexibility index (Phi) is 4.43. The summed E-state index contributed by atoms with van der Waals surface area (Å²) in [6, 6.07) is 6.48. The Hall–Kier alpha value is -1.46. The van der Waals surface area contributed by atoms with Gasteiger partial charge in [0, 0.05) is 11.3 Å². The van der Waals surface area contributed by atoms with Crippen molar-refractivity contribution < 1.29 is 9.50 Å². The smallest absolute Gasteiger partial charge is 0.137 e. The molecule has 1 saturated carbocycles. The fourth-order valence-corrected chi connectivity index (χ4v) is 4.05. The number of hydrogen-bond donors (Lipinski definition) is 1. The highest BCUT2D eigenvalue weighted by molar-refractivity contribution is 6.18. The van der Waals surface area contributed by atoms with Crippen molar-refractivity contribution in [3.63, 3.8) is 0 Å². The first-order valence-corrected chi connectivity index (χ1v) is 8.35. The molecule has 1 heterocycles. The molecular formula is C17H21ClFN3O. The topological polar surface area (TPSA) is 50.9 Å². The van der Waals surface area contributed by atoms with Gasteiger partial charge in [0.25, 0.3) is 0 Å². The van der Waals surface area contributed by atoms with E-state index in [1.54, 1.807) is 23.1 Å². The quantitative estimate of drug-likeness (QED) is 0.853. The average molecular weight is 338 g/mol. The standard InChI is InChI=1S/C17H21ClFN3O/c1-16(9-18)7-6-14(8-13-2-4-15(19)5-3-13)17(16,23)10-22-12-20-11-21-22/h2-5,11-12,14,23H,6-10H2,1H3/t14?,16?,17-/m1/s1. The van der Waals surface area contributed by atoms with Gasteiger partial charge in [-0.05, 0) is 42.9 Å². The van der Waals surface area contributed by atoms with E-state index in [1.165, 1.54) is 18.5 Å². The maximum Gasteiger partial charge on any atom is 0.137 e. The fourth-order valence-electron chi connectivity index (χ4n) is 3.68. The molecule has 124 valence electrons. The van der Waals surface area contributed by atoms with E-state index in [1.807, 2.05) is 6.92 Å². The van der Waals surface area contributed by atoms with Gasteiger partial charge in [0.1, 0.15) is 18.5 Å². The molecule has 0 saturated heterocycles. The maximum atomic E-state index is 13.1. The van der Waals surface area contributed by atoms with Gasteiger partial charge in [-0.25, -0.2) is 9.37 Å². The number of alkyl halides is 1. The summed E-state index contributed by atoms with van der Waals surface area (Å²) in [5.74, 6) is 0.183. The molecule has 1 aromatic heterocycles. The van der Waals surface area contributed by atoms with Gasteiger partial charge in [0.2, 0.25) is 0 Å². The Morgan fingerprint density at radius 2 is 2.13 bits per heavy atom. The van der Waals surface area contributed by atoms with Crippen LogP contribution >= 0.6 is 11.6 Å². The lowest BCUT2D eigenvalue weighted by Gasteiger charge is -2.42. The van der Waals surface area contributed by atoms with E-state index in [2.05, 4.69) is 10.1 Å². The first-order valence-electron chi connectivity index (χ1n) is 7.82. The molecule has 0 aliphatic heterocycles. The Balaban J connectivity index is 1.87. The summed E-state index contributed by atoms with van der Waals surface area (Å²) in [5, 5.41) is 15.6. The van der Waals surface area contributed by atoms with Crippen molar-refractivity contribution in [2.75, 3.05) is 5.88 Å². The van der Waals surface area contributed by atoms with Crippen LogP contribution in [-0.2, 0) is 13.0 Å². The Bertz CT molecular complexity index is 648. The minimum absolute atomic E-state index is 0.0425. The predicted octanol–water partition coefficient (Wildman–Crippen LogP) is 3.05. The number of hydrogen-bond acceptors (Lipinski definition) is 3. The minimum atomic E-state index is -0.975. The summed E-state index contributed by atoms with van der Waals surface area (Å²) in [6.07, 6.45) is 5.50. The second kappa shape index (κ2) is 6.21. The van der Waals surface area contributed by atoms with Gasteiger partial charge in [0.05, 0.1) is 12.1 Å². The van der Waals surface area contributed by atoms with E-state index < -0.39 is 5.60 Å². The molecule has 3 rings (SSSR count). The third kappa shape index (κ3) is 3.00. The van der Waals surface area contributed by atoms with Crippen LogP contribution in [0.1, 0.15) is 25.3 Å². The molecule has 1 aliphatic rings. The van der Waals surface area contributed by atoms with Gasteiger partial charge in [0.15, 0.2) is 0 Å². The highest BCUT2D eigenvalue weighted by atomic mass is 35.5. The van der Waals surface area contributed by atoms with Gasteiger partial charge < -0.3 is 5.11 Å². The van der Waals surface area contributed by atoms with Gasteiger partial charge >= 0.3 is 0 Å². The minimum Gasteiger partial charge on any atom is -0.387 e. The van der Waals surface area contributed by atoms with E-state index in [9.17, 15) is 9.50 Å². The number of aromatic nitrogens is 3. The summed E-state index contributed by atoms with van der Waals surface area (Å²) in [4.78, 5) is 3.95. The molecule has 0 spiro atoms. The normalized spacial score (nSPS) is 30.7. The molecule has 0 bridgehead atoms. The van der Waals surface area contributed by atoms with Crippen molar-refractivity contribution in [3.8, 4) is 0 Å². The summed E-state index contributed by atoms with van der Waals surface area (Å²) < 4.78 is 14.8. The second-order valence-corrected chi connectivity index (χ2v) is 7.05. The largest absolute Gasteiger partial charge is 0.387 e. The second-order valence-electron chi connectivity index (χ2n) is 6.78. The number of nitrogens with zero attached hydrogens (tertiary/aromatic N) is 3. The van der Waals surface area contributed by atoms with Crippen LogP contribution in [0.4, 0.5) is 4.39 Å². The number of aliphatic hydroxyl groups is 1. The molecule has 1 fully saturated rings. The van der Waals surface area contributed by atoms with Crippen LogP contribution in [0.25, 0.3) is 0 Å². The molecule has 1 N–H and O–H groups in total. The molecule has 0 radical (unpaired) electrons. The Morgan fingerprint density at radius 3 is 2.74 bits per heavy atom. The summed E-state index contributed by atoms with van der Waals surface area (Å²) in [6.45, 7) is 2.39. The molecule has 4 nitrogen and oxygen atoms in total. The van der Waals surface area contributed by atoms with Crippen molar-refractivity contribution in [1.82, 2.24) is 14.8 Å². The number of halogens is 2. The zero-order valence-electron chi connectivity index (χ0n) is 13.1. The van der Waals surface area contributed by atoms with E-state index in [-0.39, 0.29) is 17.2 Å². The van der Waals surface area contributed by atoms with Crippen LogP contribution in [0.2, 0.25) is 0 Å². The lowest BCUT2D eigenvalue weighted by atomic mass is 9.72. The molecule has 6 heteroatoms. The average Bonchev–Trinajstić information content (AvgIpc) is 3.12. The van der Waals surface area contributed by atoms with Crippen LogP contribution in [0, 0.1) is 17.2 Å². The summed E-state index contributed by atoms with van der Waals surface area (Å²) >= 11 is 6.21. The highest BCUT2D eigenvalue weighted by Crippen LogP contribution is 2.52. The predicted molar refractivity (Wildman–Crippen MR) is 86.6 cm³/mol. The maximum absolute atomic E-state index is 13.1. The third-order valence-corrected chi connectivity index (χ3v) is 5.91. The number of rotatable bonds is 5. The molecule has 2 unspecified atom stereocenters. The van der Waals surface area contributed by atoms with Crippen molar-refractivity contribution in [2.24, 2.45) is 11.3 Å². The molecule has 0 amide bonds. The van der Waals surface area contributed by atoms with Gasteiger partial charge in [-0.1, -0.05) is 19.1 Å². The lowest BCUT2D eigenvalue weighted by molar-refractivity contribution is -0.0891. The third-order valence-electron chi connectivity index (χ3n) is 5.33. The van der Waals surface area contributed by atoms with E-state index in [0.717, 1.165) is 18.4 Å². The van der Waals surface area contributed by atoms with Crippen molar-refractivity contribution in [2.45, 2.75) is 38.3 Å². The monoisotopic (exact) mass is 337 g/mol. The molecule has 1 aromatic carbocycles. The van der Waals surface area contributed by atoms with Crippen LogP contribution in [0.3, 0.4) is 0 Å². The van der Waals surface area contributed by atoms with Crippen LogP contribution < -0.4 is 0 Å². The summed E-state index contributed by atoms with van der Waals surface area (Å²) in [7, 11) is 0. The van der Waals surface area contributed by atoms with Gasteiger partial charge in [-0.2, -0.15) is 5.10 Å². The van der Waals surface area contributed by atoms with Crippen LogP contribution in [0.5, 0.6) is 0 Å². The lowest BCUT2D eigenvalue weighted by Crippen LogP contribution is -2.51. The van der Waals surface area contributed by atoms with Crippen LogP contribution in [0.15, 0.2) is 36.9 Å². The molecule has 1 aliphatic carbocycles. The van der Waals surface area contributed by atoms with Crippen molar-refractivity contribution >= 4 is 11.6 Å². The molecule has 2 aromatic rings. The number of benzene rings is 1. The van der Waals surface area contributed by atoms with Gasteiger partial charge in [-0.15, -0.1) is 11.6 Å². The highest BCUT2D eigenvalue weighted by Gasteiger charge is 2.56. The Morgan fingerprint density at radius 1 is 1.39 bits per heavy atom. The molecular weight excluding hydrogens is 317 g/mol. The molecule has 3 atom stereocenters. The first-order chi connectivity index (χ1) is 11.0. The van der Waals surface area contributed by atoms with Crippen molar-refractivity contribution in [3.05, 3.63) is 48.3 Å². The summed E-state index contributed by atoms with van der Waals surface area (Å²) in [5.41, 5.74) is -0.338. The van der Waals surface area contributed by atoms with E-state index in [4.69, 9.17) is 11.6 Å². The van der Waals surface area contributed by atoms with Crippen LogP contribution in [-0.4, -0.2) is 31.4 Å². The first kappa shape index (κ1) is 16.4. The molecule has 23 heavy (non-hydrogen) atoms. The van der Waals surface area contributed by atoms with E-state index in [0.29, 0.717) is 18.8 Å². The fraction of sp³-hybridized carbons (Fsp3) is 0.529. The van der Waals surface area contributed by atoms with E-state index >= 15 is 0 Å². The SMILES string of the molecule is CC1(CCl)CCC(Cc2ccc(F)cc2)[C@]1(O)Cn1cncn1. The Labute approximate surface area is 140 Å². The van der Waals surface area contributed by atoms with Crippen molar-refractivity contribution in [1.29, 1.82) is 0 Å². The zero-order chi connectivity index (χ0) is 16.5. The van der Waals surface area contributed by atoms with Gasteiger partial charge in [-0.3, -0.25) is 4.68 Å².